The van der Waals surface area contributed by atoms with Crippen molar-refractivity contribution in [2.45, 2.75) is 32.4 Å². The second-order valence-electron chi connectivity index (χ2n) is 3.69. The Labute approximate surface area is 90.0 Å². The van der Waals surface area contributed by atoms with Gasteiger partial charge in [-0.15, -0.1) is 0 Å². The van der Waals surface area contributed by atoms with E-state index in [1.54, 1.807) is 13.3 Å². The summed E-state index contributed by atoms with van der Waals surface area (Å²) < 4.78 is 5.23. The molecular weight excluding hydrogens is 192 g/mol. The van der Waals surface area contributed by atoms with Gasteiger partial charge in [0.25, 0.3) is 0 Å². The lowest BCUT2D eigenvalue weighted by molar-refractivity contribution is -0.122. The number of hydrogen-bond donors (Lipinski definition) is 2. The molecule has 84 valence electrons. The van der Waals surface area contributed by atoms with Gasteiger partial charge < -0.3 is 15.1 Å². The van der Waals surface area contributed by atoms with Crippen molar-refractivity contribution in [3.63, 3.8) is 0 Å². The molecule has 4 heteroatoms. The molecule has 0 fully saturated rings. The molecule has 0 bridgehead atoms. The quantitative estimate of drug-likeness (QED) is 0.760. The van der Waals surface area contributed by atoms with Crippen molar-refractivity contribution >= 4 is 5.91 Å². The second-order valence-corrected chi connectivity index (χ2v) is 3.69. The Balaban J connectivity index is 2.35. The van der Waals surface area contributed by atoms with Crippen molar-refractivity contribution < 1.29 is 9.21 Å². The SMILES string of the molecule is CNC(=O)C(C)NC(C)Cc1ccco1. The number of likely N-dealkylation sites (N-methyl/N-ethyl adjacent to an activating group) is 1. The number of rotatable bonds is 5. The summed E-state index contributed by atoms with van der Waals surface area (Å²) in [5.74, 6) is 0.931. The Morgan fingerprint density at radius 2 is 2.27 bits per heavy atom. The number of carbonyl (C=O) groups is 1. The summed E-state index contributed by atoms with van der Waals surface area (Å²) in [7, 11) is 1.64. The zero-order valence-electron chi connectivity index (χ0n) is 9.41. The zero-order chi connectivity index (χ0) is 11.3. The molecule has 0 radical (unpaired) electrons. The van der Waals surface area contributed by atoms with E-state index in [1.165, 1.54) is 0 Å². The zero-order valence-corrected chi connectivity index (χ0v) is 9.41. The van der Waals surface area contributed by atoms with E-state index in [-0.39, 0.29) is 18.0 Å². The fourth-order valence-corrected chi connectivity index (χ4v) is 1.51. The van der Waals surface area contributed by atoms with E-state index in [0.717, 1.165) is 12.2 Å². The molecule has 4 nitrogen and oxygen atoms in total. The highest BCUT2D eigenvalue weighted by Crippen LogP contribution is 2.04. The standard InChI is InChI=1S/C11H18N2O2/c1-8(7-10-5-4-6-15-10)13-9(2)11(14)12-3/h4-6,8-9,13H,7H2,1-3H3,(H,12,14). The maximum atomic E-state index is 11.3. The van der Waals surface area contributed by atoms with Crippen LogP contribution in [0.15, 0.2) is 22.8 Å². The topological polar surface area (TPSA) is 54.3 Å². The molecule has 2 unspecified atom stereocenters. The highest BCUT2D eigenvalue weighted by atomic mass is 16.3. The van der Waals surface area contributed by atoms with Crippen LogP contribution in [0.2, 0.25) is 0 Å². The highest BCUT2D eigenvalue weighted by molar-refractivity contribution is 5.80. The van der Waals surface area contributed by atoms with Crippen LogP contribution in [-0.2, 0) is 11.2 Å². The van der Waals surface area contributed by atoms with Gasteiger partial charge in [0.05, 0.1) is 12.3 Å². The summed E-state index contributed by atoms with van der Waals surface area (Å²) in [6.07, 6.45) is 2.44. The first-order valence-corrected chi connectivity index (χ1v) is 5.13. The third-order valence-corrected chi connectivity index (χ3v) is 2.26. The Morgan fingerprint density at radius 1 is 1.53 bits per heavy atom. The van der Waals surface area contributed by atoms with Crippen LogP contribution in [-0.4, -0.2) is 25.0 Å². The van der Waals surface area contributed by atoms with Gasteiger partial charge in [-0.1, -0.05) is 0 Å². The van der Waals surface area contributed by atoms with Gasteiger partial charge in [-0.2, -0.15) is 0 Å². The van der Waals surface area contributed by atoms with E-state index in [1.807, 2.05) is 26.0 Å². The van der Waals surface area contributed by atoms with E-state index >= 15 is 0 Å². The van der Waals surface area contributed by atoms with E-state index < -0.39 is 0 Å². The summed E-state index contributed by atoms with van der Waals surface area (Å²) >= 11 is 0. The third kappa shape index (κ3) is 3.75. The van der Waals surface area contributed by atoms with Gasteiger partial charge in [-0.3, -0.25) is 4.79 Å². The summed E-state index contributed by atoms with van der Waals surface area (Å²) in [5.41, 5.74) is 0. The first kappa shape index (κ1) is 11.8. The molecule has 0 spiro atoms. The van der Waals surface area contributed by atoms with Gasteiger partial charge in [0.15, 0.2) is 0 Å². The predicted molar refractivity (Wildman–Crippen MR) is 58.5 cm³/mol. The minimum absolute atomic E-state index is 0.00120. The van der Waals surface area contributed by atoms with Crippen LogP contribution in [0.3, 0.4) is 0 Å². The smallest absolute Gasteiger partial charge is 0.236 e. The molecule has 15 heavy (non-hydrogen) atoms. The van der Waals surface area contributed by atoms with Gasteiger partial charge >= 0.3 is 0 Å². The molecule has 1 heterocycles. The van der Waals surface area contributed by atoms with Crippen molar-refractivity contribution in [3.05, 3.63) is 24.2 Å². The maximum absolute atomic E-state index is 11.3. The summed E-state index contributed by atoms with van der Waals surface area (Å²) in [4.78, 5) is 11.3. The van der Waals surface area contributed by atoms with Crippen LogP contribution >= 0.6 is 0 Å². The van der Waals surface area contributed by atoms with E-state index in [2.05, 4.69) is 10.6 Å². The molecule has 0 aromatic carbocycles. The minimum Gasteiger partial charge on any atom is -0.469 e. The molecule has 0 aliphatic carbocycles. The van der Waals surface area contributed by atoms with Crippen LogP contribution < -0.4 is 10.6 Å². The molecule has 1 aromatic rings. The monoisotopic (exact) mass is 210 g/mol. The van der Waals surface area contributed by atoms with E-state index in [0.29, 0.717) is 0 Å². The van der Waals surface area contributed by atoms with Crippen LogP contribution in [0, 0.1) is 0 Å². The van der Waals surface area contributed by atoms with Crippen molar-refractivity contribution in [2.24, 2.45) is 0 Å². The second kappa shape index (κ2) is 5.56. The van der Waals surface area contributed by atoms with Gasteiger partial charge in [-0.25, -0.2) is 0 Å². The molecule has 1 rings (SSSR count). The Morgan fingerprint density at radius 3 is 2.80 bits per heavy atom. The van der Waals surface area contributed by atoms with Crippen LogP contribution in [0.1, 0.15) is 19.6 Å². The van der Waals surface area contributed by atoms with Crippen LogP contribution in [0.4, 0.5) is 0 Å². The fraction of sp³-hybridized carbons (Fsp3) is 0.545. The van der Waals surface area contributed by atoms with E-state index in [4.69, 9.17) is 4.42 Å². The maximum Gasteiger partial charge on any atom is 0.236 e. The Hall–Kier alpha value is -1.29. The summed E-state index contributed by atoms with van der Waals surface area (Å²) in [6.45, 7) is 3.87. The van der Waals surface area contributed by atoms with E-state index in [9.17, 15) is 4.79 Å². The first-order valence-electron chi connectivity index (χ1n) is 5.13. The minimum atomic E-state index is -0.181. The van der Waals surface area contributed by atoms with Gasteiger partial charge in [-0.05, 0) is 26.0 Å². The molecule has 2 N–H and O–H groups in total. The van der Waals surface area contributed by atoms with Crippen molar-refractivity contribution in [1.82, 2.24) is 10.6 Å². The average Bonchev–Trinajstić information content (AvgIpc) is 2.68. The lowest BCUT2D eigenvalue weighted by atomic mass is 10.1. The molecule has 0 aliphatic heterocycles. The molecule has 1 aromatic heterocycles. The van der Waals surface area contributed by atoms with Crippen molar-refractivity contribution in [2.75, 3.05) is 7.05 Å². The molecular formula is C11H18N2O2. The van der Waals surface area contributed by atoms with Crippen LogP contribution in [0.5, 0.6) is 0 Å². The normalized spacial score (nSPS) is 14.6. The molecule has 1 amide bonds. The molecule has 0 saturated heterocycles. The number of hydrogen-bond acceptors (Lipinski definition) is 3. The first-order chi connectivity index (χ1) is 7.13. The molecule has 0 saturated carbocycles. The van der Waals surface area contributed by atoms with Crippen molar-refractivity contribution in [3.8, 4) is 0 Å². The predicted octanol–water partition coefficient (Wildman–Crippen LogP) is 0.935. The Kier molecular flexibility index (Phi) is 4.37. The molecule has 0 aliphatic rings. The van der Waals surface area contributed by atoms with Crippen LogP contribution in [0.25, 0.3) is 0 Å². The summed E-state index contributed by atoms with van der Waals surface area (Å²) in [5, 5.41) is 5.80. The van der Waals surface area contributed by atoms with Gasteiger partial charge in [0.2, 0.25) is 5.91 Å². The fourth-order valence-electron chi connectivity index (χ4n) is 1.51. The average molecular weight is 210 g/mol. The number of furan rings is 1. The number of carbonyl (C=O) groups excluding carboxylic acids is 1. The largest absolute Gasteiger partial charge is 0.469 e. The summed E-state index contributed by atoms with van der Waals surface area (Å²) in [6, 6.07) is 3.83. The van der Waals surface area contributed by atoms with Gasteiger partial charge in [0.1, 0.15) is 5.76 Å². The third-order valence-electron chi connectivity index (χ3n) is 2.26. The molecule has 2 atom stereocenters. The van der Waals surface area contributed by atoms with Gasteiger partial charge in [0, 0.05) is 19.5 Å². The highest BCUT2D eigenvalue weighted by Gasteiger charge is 2.14. The van der Waals surface area contributed by atoms with Crippen molar-refractivity contribution in [1.29, 1.82) is 0 Å². The number of nitrogens with one attached hydrogen (secondary N) is 2. The lowest BCUT2D eigenvalue weighted by Gasteiger charge is -2.17. The Bertz CT molecular complexity index is 296. The lowest BCUT2D eigenvalue weighted by Crippen LogP contribution is -2.45. The number of amides is 1.